The summed E-state index contributed by atoms with van der Waals surface area (Å²) in [7, 11) is 1.29. The molecule has 1 heterocycles. The van der Waals surface area contributed by atoms with Crippen molar-refractivity contribution in [2.75, 3.05) is 18.6 Å². The van der Waals surface area contributed by atoms with Gasteiger partial charge < -0.3 is 14.6 Å². The van der Waals surface area contributed by atoms with Crippen molar-refractivity contribution in [3.8, 4) is 5.75 Å². The Hall–Kier alpha value is -4.39. The summed E-state index contributed by atoms with van der Waals surface area (Å²) in [4.78, 5) is 40.0. The van der Waals surface area contributed by atoms with Crippen molar-refractivity contribution in [2.24, 2.45) is 5.92 Å². The van der Waals surface area contributed by atoms with E-state index in [2.05, 4.69) is 13.8 Å². The maximum absolute atomic E-state index is 13.4. The summed E-state index contributed by atoms with van der Waals surface area (Å²) < 4.78 is 10.5. The number of hydrogen-bond donors (Lipinski definition) is 1. The molecule has 3 aromatic carbocycles. The molecule has 4 rings (SSSR count). The lowest BCUT2D eigenvalue weighted by Crippen LogP contribution is -2.29. The maximum Gasteiger partial charge on any atom is 0.337 e. The number of methoxy groups -OCH3 is 1. The second kappa shape index (κ2) is 11.3. The predicted octanol–water partition coefficient (Wildman–Crippen LogP) is 5.70. The molecule has 1 aliphatic heterocycles. The summed E-state index contributed by atoms with van der Waals surface area (Å²) >= 11 is 0. The monoisotopic (exact) mass is 513 g/mol. The molecule has 1 N–H and O–H groups in total. The van der Waals surface area contributed by atoms with E-state index in [9.17, 15) is 19.5 Å². The van der Waals surface area contributed by atoms with Crippen LogP contribution in [-0.2, 0) is 20.7 Å². The van der Waals surface area contributed by atoms with Gasteiger partial charge >= 0.3 is 5.97 Å². The van der Waals surface area contributed by atoms with Crippen molar-refractivity contribution in [3.05, 3.63) is 101 Å². The van der Waals surface area contributed by atoms with Crippen LogP contribution in [0.2, 0.25) is 0 Å². The van der Waals surface area contributed by atoms with Crippen LogP contribution in [0.15, 0.2) is 78.4 Å². The number of esters is 1. The Morgan fingerprint density at radius 1 is 0.921 bits per heavy atom. The predicted molar refractivity (Wildman–Crippen MR) is 145 cm³/mol. The molecule has 196 valence electrons. The first kappa shape index (κ1) is 26.7. The Bertz CT molecular complexity index is 1350. The van der Waals surface area contributed by atoms with Crippen LogP contribution >= 0.6 is 0 Å². The second-order valence-corrected chi connectivity index (χ2v) is 9.53. The average Bonchev–Trinajstić information content (AvgIpc) is 3.21. The fraction of sp³-hybridized carbons (Fsp3) is 0.258. The third-order valence-corrected chi connectivity index (χ3v) is 6.43. The summed E-state index contributed by atoms with van der Waals surface area (Å²) in [6, 6.07) is 19.8. The highest BCUT2D eigenvalue weighted by molar-refractivity contribution is 6.51. The minimum absolute atomic E-state index is 0.00728. The molecule has 1 aliphatic rings. The largest absolute Gasteiger partial charge is 0.507 e. The molecular formula is C31H31NO6. The maximum atomic E-state index is 13.4. The minimum Gasteiger partial charge on any atom is -0.507 e. The number of Topliss-reactive ketones (excluding diaryl/α,β-unsaturated/α-hetero) is 1. The van der Waals surface area contributed by atoms with Crippen LogP contribution in [-0.4, -0.2) is 36.5 Å². The van der Waals surface area contributed by atoms with E-state index in [-0.39, 0.29) is 11.3 Å². The number of rotatable bonds is 8. The van der Waals surface area contributed by atoms with Gasteiger partial charge in [-0.15, -0.1) is 0 Å². The summed E-state index contributed by atoms with van der Waals surface area (Å²) in [5, 5.41) is 11.3. The zero-order valence-electron chi connectivity index (χ0n) is 21.9. The molecule has 1 unspecified atom stereocenters. The van der Waals surface area contributed by atoms with Gasteiger partial charge in [0.15, 0.2) is 0 Å². The van der Waals surface area contributed by atoms with E-state index in [4.69, 9.17) is 9.47 Å². The van der Waals surface area contributed by atoms with E-state index in [1.165, 1.54) is 24.1 Å². The molecule has 0 spiro atoms. The summed E-state index contributed by atoms with van der Waals surface area (Å²) in [5.74, 6) is -1.32. The number of benzene rings is 3. The Morgan fingerprint density at radius 3 is 2.08 bits per heavy atom. The topological polar surface area (TPSA) is 93.1 Å². The molecule has 0 radical (unpaired) electrons. The summed E-state index contributed by atoms with van der Waals surface area (Å²) in [5.41, 5.74) is 2.91. The number of aliphatic hydroxyl groups excluding tert-OH is 1. The first-order chi connectivity index (χ1) is 18.2. The smallest absolute Gasteiger partial charge is 0.337 e. The highest BCUT2D eigenvalue weighted by Gasteiger charge is 2.47. The van der Waals surface area contributed by atoms with Crippen LogP contribution in [0.1, 0.15) is 53.9 Å². The highest BCUT2D eigenvalue weighted by Crippen LogP contribution is 2.42. The zero-order chi connectivity index (χ0) is 27.4. The van der Waals surface area contributed by atoms with Gasteiger partial charge in [0, 0.05) is 11.3 Å². The molecule has 3 aromatic rings. The van der Waals surface area contributed by atoms with Gasteiger partial charge in [-0.05, 0) is 72.0 Å². The number of ether oxygens (including phenoxy) is 2. The van der Waals surface area contributed by atoms with Gasteiger partial charge in [-0.2, -0.15) is 0 Å². The molecule has 38 heavy (non-hydrogen) atoms. The second-order valence-electron chi connectivity index (χ2n) is 9.53. The van der Waals surface area contributed by atoms with Crippen molar-refractivity contribution >= 4 is 29.1 Å². The van der Waals surface area contributed by atoms with E-state index in [1.54, 1.807) is 36.4 Å². The lowest BCUT2D eigenvalue weighted by Gasteiger charge is -2.25. The third kappa shape index (κ3) is 5.32. The van der Waals surface area contributed by atoms with Gasteiger partial charge in [0.2, 0.25) is 0 Å². The molecular weight excluding hydrogens is 482 g/mol. The number of anilines is 1. The lowest BCUT2D eigenvalue weighted by atomic mass is 9.94. The van der Waals surface area contributed by atoms with E-state index in [0.717, 1.165) is 12.0 Å². The molecule has 1 amide bonds. The number of ketones is 1. The van der Waals surface area contributed by atoms with Gasteiger partial charge in [-0.3, -0.25) is 14.5 Å². The Morgan fingerprint density at radius 2 is 1.53 bits per heavy atom. The molecule has 1 atom stereocenters. The van der Waals surface area contributed by atoms with E-state index < -0.39 is 23.7 Å². The number of carbonyl (C=O) groups excluding carboxylic acids is 3. The van der Waals surface area contributed by atoms with Crippen molar-refractivity contribution in [3.63, 3.8) is 0 Å². The van der Waals surface area contributed by atoms with E-state index >= 15 is 0 Å². The molecule has 0 aromatic heterocycles. The fourth-order valence-corrected chi connectivity index (χ4v) is 4.35. The minimum atomic E-state index is -0.859. The number of nitrogens with zero attached hydrogens (tertiary/aromatic N) is 1. The fourth-order valence-electron chi connectivity index (χ4n) is 4.35. The quantitative estimate of drug-likeness (QED) is 0.180. The van der Waals surface area contributed by atoms with Crippen molar-refractivity contribution in [1.82, 2.24) is 0 Å². The molecule has 0 aliphatic carbocycles. The SMILES string of the molecule is CCc1ccc(C2/C(=C(\O)c3ccc(OCC(C)C)cc3)C(=O)C(=O)N2c2ccc(C(=O)OC)cc2)cc1. The standard InChI is InChI=1S/C31H31NO6/c1-5-20-6-8-21(9-7-20)27-26(28(33)22-12-16-25(17-13-22)38-18-19(2)3)29(34)30(35)32(27)24-14-10-23(11-15-24)31(36)37-4/h6-17,19,27,33H,5,18H2,1-4H3/b28-26+. The number of amides is 1. The Kier molecular flexibility index (Phi) is 7.96. The molecule has 7 nitrogen and oxygen atoms in total. The van der Waals surface area contributed by atoms with Crippen LogP contribution in [0, 0.1) is 5.92 Å². The molecule has 0 saturated carbocycles. The van der Waals surface area contributed by atoms with Crippen LogP contribution < -0.4 is 9.64 Å². The van der Waals surface area contributed by atoms with Crippen molar-refractivity contribution < 1.29 is 29.0 Å². The number of carbonyl (C=O) groups is 3. The summed E-state index contributed by atoms with van der Waals surface area (Å²) in [6.45, 7) is 6.70. The van der Waals surface area contributed by atoms with Crippen LogP contribution in [0.4, 0.5) is 5.69 Å². The van der Waals surface area contributed by atoms with Crippen LogP contribution in [0.5, 0.6) is 5.75 Å². The Balaban J connectivity index is 1.80. The average molecular weight is 514 g/mol. The van der Waals surface area contributed by atoms with Crippen LogP contribution in [0.25, 0.3) is 5.76 Å². The Labute approximate surface area is 222 Å². The van der Waals surface area contributed by atoms with Crippen molar-refractivity contribution in [1.29, 1.82) is 0 Å². The zero-order valence-corrected chi connectivity index (χ0v) is 21.9. The van der Waals surface area contributed by atoms with Gasteiger partial charge in [0.25, 0.3) is 11.7 Å². The van der Waals surface area contributed by atoms with Crippen molar-refractivity contribution in [2.45, 2.75) is 33.2 Å². The normalized spacial score (nSPS) is 16.7. The third-order valence-electron chi connectivity index (χ3n) is 6.43. The van der Waals surface area contributed by atoms with Gasteiger partial charge in [0.05, 0.1) is 30.9 Å². The van der Waals surface area contributed by atoms with E-state index in [1.807, 2.05) is 31.2 Å². The molecule has 7 heteroatoms. The van der Waals surface area contributed by atoms with E-state index in [0.29, 0.717) is 40.7 Å². The first-order valence-electron chi connectivity index (χ1n) is 12.6. The number of aliphatic hydroxyl groups is 1. The number of aryl methyl sites for hydroxylation is 1. The van der Waals surface area contributed by atoms with Gasteiger partial charge in [-0.1, -0.05) is 45.0 Å². The summed E-state index contributed by atoms with van der Waals surface area (Å²) in [6.07, 6.45) is 0.834. The first-order valence-corrected chi connectivity index (χ1v) is 12.6. The van der Waals surface area contributed by atoms with Gasteiger partial charge in [0.1, 0.15) is 11.5 Å². The lowest BCUT2D eigenvalue weighted by molar-refractivity contribution is -0.132. The highest BCUT2D eigenvalue weighted by atomic mass is 16.5. The molecule has 1 fully saturated rings. The molecule has 0 bridgehead atoms. The molecule has 1 saturated heterocycles. The number of hydrogen-bond acceptors (Lipinski definition) is 6. The van der Waals surface area contributed by atoms with Gasteiger partial charge in [-0.25, -0.2) is 4.79 Å². The van der Waals surface area contributed by atoms with Crippen LogP contribution in [0.3, 0.4) is 0 Å².